The van der Waals surface area contributed by atoms with Gasteiger partial charge in [0.25, 0.3) is 0 Å². The quantitative estimate of drug-likeness (QED) is 0.784. The minimum Gasteiger partial charge on any atom is -0.497 e. The predicted octanol–water partition coefficient (Wildman–Crippen LogP) is 1.64. The summed E-state index contributed by atoms with van der Waals surface area (Å²) < 4.78 is 12.4. The molecule has 4 rings (SSSR count). The lowest BCUT2D eigenvalue weighted by Gasteiger charge is -2.55. The normalized spacial score (nSPS) is 18.3. The van der Waals surface area contributed by atoms with Gasteiger partial charge in [0.2, 0.25) is 0 Å². The van der Waals surface area contributed by atoms with Crippen molar-refractivity contribution in [3.05, 3.63) is 30.0 Å². The van der Waals surface area contributed by atoms with Crippen LogP contribution < -0.4 is 10.1 Å². The number of benzene rings is 1. The summed E-state index contributed by atoms with van der Waals surface area (Å²) in [7, 11) is 5.78. The molecule has 0 radical (unpaired) electrons. The molecule has 0 bridgehead atoms. The molecule has 0 aliphatic carbocycles. The lowest BCUT2D eigenvalue weighted by atomic mass is 9.78. The first-order chi connectivity index (χ1) is 13.5. The number of hydrogen-bond donors (Lipinski definition) is 1. The number of fused-ring (bicyclic) bond motifs is 1. The Morgan fingerprint density at radius 2 is 2.11 bits per heavy atom. The number of amides is 1. The van der Waals surface area contributed by atoms with Crippen molar-refractivity contribution >= 4 is 16.9 Å². The van der Waals surface area contributed by atoms with Crippen molar-refractivity contribution < 1.29 is 14.3 Å². The zero-order valence-corrected chi connectivity index (χ0v) is 17.0. The predicted molar refractivity (Wildman–Crippen MR) is 109 cm³/mol. The van der Waals surface area contributed by atoms with Gasteiger partial charge in [0.1, 0.15) is 5.75 Å². The highest BCUT2D eigenvalue weighted by Crippen LogP contribution is 2.37. The molecule has 152 valence electrons. The van der Waals surface area contributed by atoms with E-state index in [-0.39, 0.29) is 6.03 Å². The summed E-state index contributed by atoms with van der Waals surface area (Å²) in [6, 6.07) is 5.81. The van der Waals surface area contributed by atoms with Gasteiger partial charge in [-0.25, -0.2) is 4.79 Å². The van der Waals surface area contributed by atoms with E-state index < -0.39 is 0 Å². The number of likely N-dealkylation sites (tertiary alicyclic amines) is 1. The molecule has 2 fully saturated rings. The second kappa shape index (κ2) is 7.73. The molecule has 7 heteroatoms. The van der Waals surface area contributed by atoms with Crippen LogP contribution in [0.3, 0.4) is 0 Å². The Balaban J connectivity index is 1.42. The molecule has 28 heavy (non-hydrogen) atoms. The van der Waals surface area contributed by atoms with Crippen molar-refractivity contribution in [2.45, 2.75) is 6.42 Å². The standard InChI is InChI=1S/C21H30N4O3/c1-23(2)8-6-16-11-25(19-5-4-17(27-3)10-18(16)19)20(26)22-7-9-24-12-21(13-24)14-28-15-21/h4-5,10-11H,6-9,12-15H2,1-3H3,(H,22,26). The molecule has 7 nitrogen and oxygen atoms in total. The zero-order chi connectivity index (χ0) is 19.7. The minimum atomic E-state index is -0.0755. The molecule has 3 heterocycles. The highest BCUT2D eigenvalue weighted by atomic mass is 16.5. The fourth-order valence-electron chi connectivity index (χ4n) is 4.16. The molecule has 2 aliphatic rings. The maximum absolute atomic E-state index is 12.8. The van der Waals surface area contributed by atoms with Gasteiger partial charge in [-0.15, -0.1) is 0 Å². The topological polar surface area (TPSA) is 59.0 Å². The molecule has 0 saturated carbocycles. The van der Waals surface area contributed by atoms with Crippen LogP contribution in [0.2, 0.25) is 0 Å². The summed E-state index contributed by atoms with van der Waals surface area (Å²) in [5, 5.41) is 4.14. The average molecular weight is 386 g/mol. The molecule has 1 amide bonds. The molecular formula is C21H30N4O3. The molecular weight excluding hydrogens is 356 g/mol. The molecule has 1 aromatic heterocycles. The largest absolute Gasteiger partial charge is 0.497 e. The van der Waals surface area contributed by atoms with Crippen LogP contribution >= 0.6 is 0 Å². The van der Waals surface area contributed by atoms with Gasteiger partial charge in [0.15, 0.2) is 0 Å². The van der Waals surface area contributed by atoms with Crippen molar-refractivity contribution in [1.82, 2.24) is 19.7 Å². The second-order valence-electron chi connectivity index (χ2n) is 8.40. The highest BCUT2D eigenvalue weighted by Gasteiger charge is 2.48. The van der Waals surface area contributed by atoms with Crippen molar-refractivity contribution in [2.24, 2.45) is 5.41 Å². The van der Waals surface area contributed by atoms with E-state index in [2.05, 4.69) is 29.2 Å². The summed E-state index contributed by atoms with van der Waals surface area (Å²) in [5.74, 6) is 0.809. The number of carbonyl (C=O) groups excluding carboxylic acids is 1. The van der Waals surface area contributed by atoms with E-state index in [1.165, 1.54) is 0 Å². The first-order valence-electron chi connectivity index (χ1n) is 9.91. The van der Waals surface area contributed by atoms with Crippen LogP contribution in [0.5, 0.6) is 5.75 Å². The third kappa shape index (κ3) is 3.74. The summed E-state index contributed by atoms with van der Waals surface area (Å²) >= 11 is 0. The Hall–Kier alpha value is -2.09. The summed E-state index contributed by atoms with van der Waals surface area (Å²) in [5.41, 5.74) is 2.50. The summed E-state index contributed by atoms with van der Waals surface area (Å²) in [4.78, 5) is 17.3. The molecule has 2 saturated heterocycles. The SMILES string of the molecule is COc1ccc2c(c1)c(CCN(C)C)cn2C(=O)NCCN1CC2(COC2)C1. The Kier molecular flexibility index (Phi) is 5.31. The van der Waals surface area contributed by atoms with Crippen LogP contribution in [0.15, 0.2) is 24.4 Å². The number of aromatic nitrogens is 1. The molecule has 0 atom stereocenters. The third-order valence-electron chi connectivity index (χ3n) is 5.78. The van der Waals surface area contributed by atoms with Gasteiger partial charge >= 0.3 is 6.03 Å². The lowest BCUT2D eigenvalue weighted by molar-refractivity contribution is -0.188. The van der Waals surface area contributed by atoms with Crippen molar-refractivity contribution in [1.29, 1.82) is 0 Å². The van der Waals surface area contributed by atoms with E-state index in [0.29, 0.717) is 12.0 Å². The van der Waals surface area contributed by atoms with E-state index in [4.69, 9.17) is 9.47 Å². The Labute approximate surface area is 166 Å². The van der Waals surface area contributed by atoms with Gasteiger partial charge in [0.05, 0.1) is 25.8 Å². The number of nitrogens with one attached hydrogen (secondary N) is 1. The monoisotopic (exact) mass is 386 g/mol. The smallest absolute Gasteiger partial charge is 0.326 e. The van der Waals surface area contributed by atoms with Crippen molar-refractivity contribution in [2.75, 3.05) is 67.1 Å². The van der Waals surface area contributed by atoms with E-state index in [9.17, 15) is 4.79 Å². The van der Waals surface area contributed by atoms with E-state index in [1.807, 2.05) is 24.4 Å². The van der Waals surface area contributed by atoms with Crippen LogP contribution in [-0.4, -0.2) is 87.5 Å². The first-order valence-corrected chi connectivity index (χ1v) is 9.91. The van der Waals surface area contributed by atoms with Crippen molar-refractivity contribution in [3.63, 3.8) is 0 Å². The second-order valence-corrected chi connectivity index (χ2v) is 8.40. The van der Waals surface area contributed by atoms with Crippen LogP contribution in [0.4, 0.5) is 4.79 Å². The number of nitrogens with zero attached hydrogens (tertiary/aromatic N) is 3. The summed E-state index contributed by atoms with van der Waals surface area (Å²) in [6.07, 6.45) is 2.85. The number of likely N-dealkylation sites (N-methyl/N-ethyl adjacent to an activating group) is 1. The maximum atomic E-state index is 12.8. The number of rotatable bonds is 7. The fraction of sp³-hybridized carbons (Fsp3) is 0.571. The Bertz CT molecular complexity index is 849. The molecule has 1 N–H and O–H groups in total. The third-order valence-corrected chi connectivity index (χ3v) is 5.78. The zero-order valence-electron chi connectivity index (χ0n) is 17.0. The van der Waals surface area contributed by atoms with Crippen LogP contribution in [0, 0.1) is 5.41 Å². The van der Waals surface area contributed by atoms with Gasteiger partial charge in [-0.2, -0.15) is 0 Å². The van der Waals surface area contributed by atoms with Gasteiger partial charge in [-0.1, -0.05) is 0 Å². The molecule has 2 aromatic rings. The van der Waals surface area contributed by atoms with Gasteiger partial charge in [0, 0.05) is 49.7 Å². The van der Waals surface area contributed by atoms with Crippen LogP contribution in [0.1, 0.15) is 5.56 Å². The molecule has 2 aliphatic heterocycles. The van der Waals surface area contributed by atoms with Gasteiger partial charge < -0.3 is 24.6 Å². The average Bonchev–Trinajstić information content (AvgIpc) is 2.98. The van der Waals surface area contributed by atoms with Gasteiger partial charge in [-0.3, -0.25) is 4.57 Å². The van der Waals surface area contributed by atoms with Crippen LogP contribution in [0.25, 0.3) is 10.9 Å². The number of hydrogen-bond acceptors (Lipinski definition) is 5. The summed E-state index contributed by atoms with van der Waals surface area (Å²) in [6.45, 7) is 6.42. The van der Waals surface area contributed by atoms with Gasteiger partial charge in [-0.05, 0) is 44.3 Å². The number of carbonyl (C=O) groups is 1. The fourth-order valence-corrected chi connectivity index (χ4v) is 4.16. The molecule has 1 spiro atoms. The van der Waals surface area contributed by atoms with E-state index in [1.54, 1.807) is 11.7 Å². The van der Waals surface area contributed by atoms with Crippen LogP contribution in [-0.2, 0) is 11.2 Å². The van der Waals surface area contributed by atoms with E-state index >= 15 is 0 Å². The maximum Gasteiger partial charge on any atom is 0.326 e. The highest BCUT2D eigenvalue weighted by molar-refractivity contribution is 5.94. The first kappa shape index (κ1) is 19.2. The lowest BCUT2D eigenvalue weighted by Crippen LogP contribution is -2.66. The van der Waals surface area contributed by atoms with Crippen molar-refractivity contribution in [3.8, 4) is 5.75 Å². The number of methoxy groups -OCH3 is 1. The molecule has 1 aromatic carbocycles. The minimum absolute atomic E-state index is 0.0755. The Morgan fingerprint density at radius 1 is 1.32 bits per heavy atom. The Morgan fingerprint density at radius 3 is 2.75 bits per heavy atom. The van der Waals surface area contributed by atoms with E-state index in [0.717, 1.165) is 68.0 Å². The molecule has 0 unspecified atom stereocenters. The number of ether oxygens (including phenoxy) is 2.